The zero-order valence-corrected chi connectivity index (χ0v) is 10.7. The van der Waals surface area contributed by atoms with E-state index in [0.717, 1.165) is 5.65 Å². The Labute approximate surface area is 111 Å². The van der Waals surface area contributed by atoms with Crippen LogP contribution in [0.4, 0.5) is 0 Å². The van der Waals surface area contributed by atoms with Gasteiger partial charge in [0, 0.05) is 26.0 Å². The second-order valence-corrected chi connectivity index (χ2v) is 4.29. The van der Waals surface area contributed by atoms with Crippen molar-refractivity contribution in [3.8, 4) is 0 Å². The minimum absolute atomic E-state index is 0.168. The van der Waals surface area contributed by atoms with E-state index in [1.165, 1.54) is 7.11 Å². The van der Waals surface area contributed by atoms with Gasteiger partial charge in [-0.05, 0) is 12.1 Å². The maximum absolute atomic E-state index is 11.7. The molecule has 0 fully saturated rings. The molecule has 0 saturated heterocycles. The van der Waals surface area contributed by atoms with E-state index < -0.39 is 6.10 Å². The molecule has 1 unspecified atom stereocenters. The Kier molecular flexibility index (Phi) is 4.48. The lowest BCUT2D eigenvalue weighted by Gasteiger charge is -2.09. The number of carbonyl (C=O) groups is 1. The molecule has 0 spiro atoms. The number of hydrogen-bond donors (Lipinski definition) is 2. The molecule has 0 aliphatic carbocycles. The minimum atomic E-state index is -0.685. The van der Waals surface area contributed by atoms with Crippen LogP contribution in [0.5, 0.6) is 0 Å². The van der Waals surface area contributed by atoms with E-state index >= 15 is 0 Å². The third-order valence-corrected chi connectivity index (χ3v) is 2.65. The summed E-state index contributed by atoms with van der Waals surface area (Å²) in [7, 11) is 1.50. The summed E-state index contributed by atoms with van der Waals surface area (Å²) in [4.78, 5) is 16.0. The number of fused-ring (bicyclic) bond motifs is 1. The van der Waals surface area contributed by atoms with E-state index in [9.17, 15) is 9.90 Å². The number of hydrogen-bond acceptors (Lipinski definition) is 4. The number of carbonyl (C=O) groups excluding carboxylic acids is 1. The predicted octanol–water partition coefficient (Wildman–Crippen LogP) is 0.000300. The number of nitrogens with zero attached hydrogens (tertiary/aromatic N) is 2. The van der Waals surface area contributed by atoms with Crippen LogP contribution in [0.3, 0.4) is 0 Å². The van der Waals surface area contributed by atoms with Crippen molar-refractivity contribution in [1.82, 2.24) is 14.7 Å². The van der Waals surface area contributed by atoms with Gasteiger partial charge in [0.15, 0.2) is 0 Å². The van der Waals surface area contributed by atoms with E-state index in [1.54, 1.807) is 0 Å². The highest BCUT2D eigenvalue weighted by molar-refractivity contribution is 5.78. The fourth-order valence-corrected chi connectivity index (χ4v) is 1.78. The van der Waals surface area contributed by atoms with Gasteiger partial charge in [0.25, 0.3) is 0 Å². The number of aromatic nitrogens is 2. The summed E-state index contributed by atoms with van der Waals surface area (Å²) in [5.41, 5.74) is 1.51. The van der Waals surface area contributed by atoms with Crippen molar-refractivity contribution in [1.29, 1.82) is 0 Å². The Bertz CT molecular complexity index is 520. The van der Waals surface area contributed by atoms with Crippen LogP contribution in [0.15, 0.2) is 30.6 Å². The molecule has 0 radical (unpaired) electrons. The van der Waals surface area contributed by atoms with Gasteiger partial charge in [-0.2, -0.15) is 0 Å². The molecule has 0 aliphatic heterocycles. The molecule has 0 saturated carbocycles. The number of aliphatic hydroxyl groups is 1. The van der Waals surface area contributed by atoms with Crippen molar-refractivity contribution in [3.63, 3.8) is 0 Å². The fourth-order valence-electron chi connectivity index (χ4n) is 1.78. The zero-order valence-electron chi connectivity index (χ0n) is 10.7. The molecular formula is C13H17N3O3. The highest BCUT2D eigenvalue weighted by Gasteiger charge is 2.09. The lowest BCUT2D eigenvalue weighted by Crippen LogP contribution is -2.35. The van der Waals surface area contributed by atoms with Gasteiger partial charge in [0.2, 0.25) is 5.91 Å². The monoisotopic (exact) mass is 263 g/mol. The van der Waals surface area contributed by atoms with Crippen molar-refractivity contribution in [2.45, 2.75) is 12.5 Å². The Morgan fingerprint density at radius 2 is 2.42 bits per heavy atom. The highest BCUT2D eigenvalue weighted by atomic mass is 16.5. The van der Waals surface area contributed by atoms with Crippen LogP contribution in [0, 0.1) is 0 Å². The van der Waals surface area contributed by atoms with Crippen LogP contribution in [0.25, 0.3) is 5.65 Å². The minimum Gasteiger partial charge on any atom is -0.389 e. The third kappa shape index (κ3) is 3.77. The number of imidazole rings is 1. The number of ether oxygens (including phenoxy) is 1. The van der Waals surface area contributed by atoms with E-state index in [2.05, 4.69) is 10.3 Å². The molecule has 2 rings (SSSR count). The quantitative estimate of drug-likeness (QED) is 0.769. The summed E-state index contributed by atoms with van der Waals surface area (Å²) in [6.07, 6.45) is 3.21. The van der Waals surface area contributed by atoms with Gasteiger partial charge >= 0.3 is 0 Å². The Balaban J connectivity index is 1.88. The molecular weight excluding hydrogens is 246 g/mol. The molecule has 2 N–H and O–H groups in total. The van der Waals surface area contributed by atoms with Gasteiger partial charge in [-0.1, -0.05) is 6.07 Å². The second-order valence-electron chi connectivity index (χ2n) is 4.29. The number of pyridine rings is 1. The van der Waals surface area contributed by atoms with Crippen LogP contribution in [-0.4, -0.2) is 46.8 Å². The van der Waals surface area contributed by atoms with Crippen LogP contribution in [0.2, 0.25) is 0 Å². The van der Waals surface area contributed by atoms with Gasteiger partial charge in [-0.15, -0.1) is 0 Å². The summed E-state index contributed by atoms with van der Waals surface area (Å²) >= 11 is 0. The number of amides is 1. The summed E-state index contributed by atoms with van der Waals surface area (Å²) < 4.78 is 6.64. The first-order chi connectivity index (χ1) is 9.19. The molecule has 0 aliphatic rings. The molecule has 102 valence electrons. The largest absolute Gasteiger partial charge is 0.389 e. The molecule has 0 bridgehead atoms. The van der Waals surface area contributed by atoms with E-state index in [0.29, 0.717) is 5.69 Å². The maximum atomic E-state index is 11.7. The van der Waals surface area contributed by atoms with Gasteiger partial charge in [0.1, 0.15) is 5.65 Å². The van der Waals surface area contributed by atoms with Gasteiger partial charge < -0.3 is 19.6 Å². The third-order valence-electron chi connectivity index (χ3n) is 2.65. The topological polar surface area (TPSA) is 75.9 Å². The van der Waals surface area contributed by atoms with Crippen LogP contribution in [-0.2, 0) is 16.0 Å². The smallest absolute Gasteiger partial charge is 0.226 e. The summed E-state index contributed by atoms with van der Waals surface area (Å²) in [6, 6.07) is 5.68. The first kappa shape index (κ1) is 13.5. The number of nitrogens with one attached hydrogen (secondary N) is 1. The highest BCUT2D eigenvalue weighted by Crippen LogP contribution is 2.04. The molecule has 2 heterocycles. The Morgan fingerprint density at radius 3 is 3.16 bits per heavy atom. The van der Waals surface area contributed by atoms with Crippen molar-refractivity contribution in [2.75, 3.05) is 20.3 Å². The van der Waals surface area contributed by atoms with Crippen molar-refractivity contribution < 1.29 is 14.6 Å². The van der Waals surface area contributed by atoms with Crippen molar-refractivity contribution in [2.24, 2.45) is 0 Å². The standard InChI is InChI=1S/C13H17N3O3/c1-19-9-11(17)7-14-13(18)6-10-8-16-5-3-2-4-12(16)15-10/h2-5,8,11,17H,6-7,9H2,1H3,(H,14,18). The summed E-state index contributed by atoms with van der Waals surface area (Å²) in [5.74, 6) is -0.168. The normalized spacial score (nSPS) is 12.5. The average molecular weight is 263 g/mol. The van der Waals surface area contributed by atoms with Crippen molar-refractivity contribution in [3.05, 3.63) is 36.3 Å². The Morgan fingerprint density at radius 1 is 1.58 bits per heavy atom. The SMILES string of the molecule is COCC(O)CNC(=O)Cc1cn2ccccc2n1. The molecule has 1 amide bonds. The molecule has 19 heavy (non-hydrogen) atoms. The first-order valence-corrected chi connectivity index (χ1v) is 6.05. The lowest BCUT2D eigenvalue weighted by molar-refractivity contribution is -0.121. The van der Waals surface area contributed by atoms with Crippen LogP contribution >= 0.6 is 0 Å². The average Bonchev–Trinajstić information content (AvgIpc) is 2.78. The molecule has 2 aromatic rings. The second kappa shape index (κ2) is 6.31. The molecule has 2 aromatic heterocycles. The van der Waals surface area contributed by atoms with Crippen LogP contribution < -0.4 is 5.32 Å². The first-order valence-electron chi connectivity index (χ1n) is 6.05. The molecule has 6 heteroatoms. The van der Waals surface area contributed by atoms with Gasteiger partial charge in [-0.3, -0.25) is 4.79 Å². The van der Waals surface area contributed by atoms with Crippen LogP contribution in [0.1, 0.15) is 5.69 Å². The predicted molar refractivity (Wildman–Crippen MR) is 69.8 cm³/mol. The molecule has 1 atom stereocenters. The van der Waals surface area contributed by atoms with E-state index in [1.807, 2.05) is 35.0 Å². The van der Waals surface area contributed by atoms with E-state index in [-0.39, 0.29) is 25.5 Å². The number of rotatable bonds is 6. The number of aliphatic hydroxyl groups excluding tert-OH is 1. The van der Waals surface area contributed by atoms with E-state index in [4.69, 9.17) is 4.74 Å². The lowest BCUT2D eigenvalue weighted by atomic mass is 10.3. The fraction of sp³-hybridized carbons (Fsp3) is 0.385. The molecule has 0 aromatic carbocycles. The zero-order chi connectivity index (χ0) is 13.7. The summed E-state index contributed by atoms with van der Waals surface area (Å²) in [5, 5.41) is 12.1. The summed E-state index contributed by atoms with van der Waals surface area (Å²) in [6.45, 7) is 0.384. The maximum Gasteiger partial charge on any atom is 0.226 e. The Hall–Kier alpha value is -1.92. The molecule has 6 nitrogen and oxygen atoms in total. The van der Waals surface area contributed by atoms with Gasteiger partial charge in [0.05, 0.1) is 24.8 Å². The van der Waals surface area contributed by atoms with Gasteiger partial charge in [-0.25, -0.2) is 4.98 Å². The van der Waals surface area contributed by atoms with Crippen molar-refractivity contribution >= 4 is 11.6 Å². The number of methoxy groups -OCH3 is 1.